The zero-order chi connectivity index (χ0) is 6.20. The summed E-state index contributed by atoms with van der Waals surface area (Å²) in [6.45, 7) is 2.43. The molecule has 8 heavy (non-hydrogen) atoms. The molecule has 1 aliphatic carbocycles. The first-order chi connectivity index (χ1) is 3.75. The predicted octanol–water partition coefficient (Wildman–Crippen LogP) is -0.0233. The van der Waals surface area contributed by atoms with Crippen LogP contribution in [0.3, 0.4) is 0 Å². The highest BCUT2D eigenvalue weighted by molar-refractivity contribution is 5.06. The van der Waals surface area contributed by atoms with Crippen LogP contribution < -0.4 is 5.32 Å². The van der Waals surface area contributed by atoms with Crippen molar-refractivity contribution in [3.05, 3.63) is 0 Å². The maximum atomic E-state index is 8.76. The second-order valence-electron chi connectivity index (χ2n) is 2.67. The number of hydrogen-bond acceptors (Lipinski definition) is 2. The van der Waals surface area contributed by atoms with Gasteiger partial charge in [0.1, 0.15) is 0 Å². The maximum absolute atomic E-state index is 8.76. The van der Waals surface area contributed by atoms with Crippen molar-refractivity contribution < 1.29 is 5.11 Å². The molecule has 0 aromatic heterocycles. The van der Waals surface area contributed by atoms with Crippen LogP contribution in [0.15, 0.2) is 0 Å². The van der Waals surface area contributed by atoms with Crippen molar-refractivity contribution >= 4 is 0 Å². The normalized spacial score (nSPS) is 44.6. The topological polar surface area (TPSA) is 32.3 Å². The van der Waals surface area contributed by atoms with Crippen molar-refractivity contribution in [3.63, 3.8) is 0 Å². The highest BCUT2D eigenvalue weighted by Crippen LogP contribution is 2.41. The molecular formula is C6H13NO. The molecule has 1 unspecified atom stereocenters. The summed E-state index contributed by atoms with van der Waals surface area (Å²) in [5, 5.41) is 11.9. The average molecular weight is 115 g/mol. The second-order valence-corrected chi connectivity index (χ2v) is 2.67. The molecule has 0 aromatic rings. The summed E-state index contributed by atoms with van der Waals surface area (Å²) in [7, 11) is 1.90. The number of rotatable bonds is 2. The van der Waals surface area contributed by atoms with Crippen molar-refractivity contribution in [2.75, 3.05) is 13.7 Å². The van der Waals surface area contributed by atoms with Crippen molar-refractivity contribution in [3.8, 4) is 0 Å². The number of nitrogens with one attached hydrogen (secondary N) is 1. The highest BCUT2D eigenvalue weighted by atomic mass is 16.3. The van der Waals surface area contributed by atoms with E-state index in [1.807, 2.05) is 7.05 Å². The van der Waals surface area contributed by atoms with Gasteiger partial charge in [-0.05, 0) is 19.4 Å². The number of likely N-dealkylation sites (N-methyl/N-ethyl adjacent to an activating group) is 1. The van der Waals surface area contributed by atoms with Crippen molar-refractivity contribution in [1.29, 1.82) is 0 Å². The zero-order valence-corrected chi connectivity index (χ0v) is 5.44. The Morgan fingerprint density at radius 3 is 2.38 bits per heavy atom. The summed E-state index contributed by atoms with van der Waals surface area (Å²) in [4.78, 5) is 0. The lowest BCUT2D eigenvalue weighted by Crippen LogP contribution is -2.33. The first-order valence-electron chi connectivity index (χ1n) is 3.05. The molecule has 0 heterocycles. The Labute approximate surface area is 49.9 Å². The van der Waals surface area contributed by atoms with Gasteiger partial charge in [0.05, 0.1) is 6.61 Å². The summed E-state index contributed by atoms with van der Waals surface area (Å²) in [5.74, 6) is 0.664. The minimum absolute atomic E-state index is 0.0972. The fourth-order valence-corrected chi connectivity index (χ4v) is 1.14. The fraction of sp³-hybridized carbons (Fsp3) is 1.00. The van der Waals surface area contributed by atoms with E-state index in [0.717, 1.165) is 6.42 Å². The van der Waals surface area contributed by atoms with Gasteiger partial charge in [-0.15, -0.1) is 0 Å². The van der Waals surface area contributed by atoms with Crippen molar-refractivity contribution in [2.24, 2.45) is 5.92 Å². The standard InChI is InChI=1S/C6H13NO/c1-5-3-6(5,4-8)7-2/h5,7-8H,3-4H2,1-2H3/t5?,6-/m0/s1. The van der Waals surface area contributed by atoms with E-state index in [9.17, 15) is 0 Å². The maximum Gasteiger partial charge on any atom is 0.0615 e. The summed E-state index contributed by atoms with van der Waals surface area (Å²) in [5.41, 5.74) is 0.0972. The molecule has 0 amide bonds. The molecule has 1 aliphatic rings. The third-order valence-electron chi connectivity index (χ3n) is 2.23. The third-order valence-corrected chi connectivity index (χ3v) is 2.23. The lowest BCUT2D eigenvalue weighted by Gasteiger charge is -2.09. The van der Waals surface area contributed by atoms with Crippen LogP contribution in [-0.2, 0) is 0 Å². The average Bonchev–Trinajstić information content (AvgIpc) is 2.43. The van der Waals surface area contributed by atoms with Gasteiger partial charge < -0.3 is 10.4 Å². The molecule has 0 radical (unpaired) electrons. The Hall–Kier alpha value is -0.0800. The summed E-state index contributed by atoms with van der Waals surface area (Å²) in [6.07, 6.45) is 1.12. The van der Waals surface area contributed by atoms with Gasteiger partial charge in [-0.3, -0.25) is 0 Å². The molecule has 1 rings (SSSR count). The van der Waals surface area contributed by atoms with Gasteiger partial charge in [0.25, 0.3) is 0 Å². The Morgan fingerprint density at radius 2 is 2.38 bits per heavy atom. The molecule has 0 saturated heterocycles. The van der Waals surface area contributed by atoms with Crippen LogP contribution in [0.1, 0.15) is 13.3 Å². The number of hydrogen-bond donors (Lipinski definition) is 2. The minimum atomic E-state index is 0.0972. The van der Waals surface area contributed by atoms with Crippen LogP contribution in [-0.4, -0.2) is 24.3 Å². The van der Waals surface area contributed by atoms with Gasteiger partial charge in [0.2, 0.25) is 0 Å². The smallest absolute Gasteiger partial charge is 0.0615 e. The largest absolute Gasteiger partial charge is 0.394 e. The van der Waals surface area contributed by atoms with E-state index in [1.165, 1.54) is 0 Å². The first-order valence-corrected chi connectivity index (χ1v) is 3.05. The summed E-state index contributed by atoms with van der Waals surface area (Å²) in [6, 6.07) is 0. The molecule has 2 atom stereocenters. The number of aliphatic hydroxyl groups is 1. The van der Waals surface area contributed by atoms with E-state index in [1.54, 1.807) is 0 Å². The SMILES string of the molecule is CN[C@]1(CO)CC1C. The van der Waals surface area contributed by atoms with Crippen molar-refractivity contribution in [1.82, 2.24) is 5.32 Å². The van der Waals surface area contributed by atoms with Gasteiger partial charge in [0.15, 0.2) is 0 Å². The van der Waals surface area contributed by atoms with Gasteiger partial charge >= 0.3 is 0 Å². The fourth-order valence-electron chi connectivity index (χ4n) is 1.14. The molecule has 1 fully saturated rings. The Bertz CT molecular complexity index is 83.0. The Balaban J connectivity index is 2.39. The van der Waals surface area contributed by atoms with E-state index >= 15 is 0 Å². The third kappa shape index (κ3) is 0.644. The van der Waals surface area contributed by atoms with Crippen molar-refractivity contribution in [2.45, 2.75) is 18.9 Å². The van der Waals surface area contributed by atoms with Gasteiger partial charge in [-0.1, -0.05) is 6.92 Å². The molecule has 48 valence electrons. The minimum Gasteiger partial charge on any atom is -0.394 e. The molecule has 2 heteroatoms. The molecular weight excluding hydrogens is 102 g/mol. The molecule has 2 N–H and O–H groups in total. The first kappa shape index (κ1) is 6.05. The summed E-state index contributed by atoms with van der Waals surface area (Å²) >= 11 is 0. The van der Waals surface area contributed by atoms with E-state index < -0.39 is 0 Å². The van der Waals surface area contributed by atoms with Crippen LogP contribution in [0.2, 0.25) is 0 Å². The van der Waals surface area contributed by atoms with Crippen LogP contribution in [0.25, 0.3) is 0 Å². The Kier molecular flexibility index (Phi) is 1.29. The molecule has 2 nitrogen and oxygen atoms in total. The number of aliphatic hydroxyl groups excluding tert-OH is 1. The predicted molar refractivity (Wildman–Crippen MR) is 32.7 cm³/mol. The van der Waals surface area contributed by atoms with Crippen LogP contribution in [0, 0.1) is 5.92 Å². The van der Waals surface area contributed by atoms with Crippen LogP contribution in [0.4, 0.5) is 0 Å². The summed E-state index contributed by atoms with van der Waals surface area (Å²) < 4.78 is 0. The monoisotopic (exact) mass is 115 g/mol. The molecule has 1 saturated carbocycles. The molecule has 0 aliphatic heterocycles. The quantitative estimate of drug-likeness (QED) is 0.530. The van der Waals surface area contributed by atoms with E-state index in [2.05, 4.69) is 12.2 Å². The van der Waals surface area contributed by atoms with E-state index in [0.29, 0.717) is 5.92 Å². The van der Waals surface area contributed by atoms with Crippen LogP contribution in [0.5, 0.6) is 0 Å². The van der Waals surface area contributed by atoms with Gasteiger partial charge in [-0.25, -0.2) is 0 Å². The van der Waals surface area contributed by atoms with E-state index in [4.69, 9.17) is 5.11 Å². The van der Waals surface area contributed by atoms with E-state index in [-0.39, 0.29) is 12.1 Å². The molecule has 0 aromatic carbocycles. The zero-order valence-electron chi connectivity index (χ0n) is 5.44. The second kappa shape index (κ2) is 1.71. The van der Waals surface area contributed by atoms with Gasteiger partial charge in [-0.2, -0.15) is 0 Å². The molecule has 0 spiro atoms. The lowest BCUT2D eigenvalue weighted by molar-refractivity contribution is 0.228. The lowest BCUT2D eigenvalue weighted by atomic mass is 10.2. The Morgan fingerprint density at radius 1 is 1.88 bits per heavy atom. The highest BCUT2D eigenvalue weighted by Gasteiger charge is 2.49. The molecule has 0 bridgehead atoms. The van der Waals surface area contributed by atoms with Gasteiger partial charge in [0, 0.05) is 5.54 Å². The van der Waals surface area contributed by atoms with Crippen LogP contribution >= 0.6 is 0 Å².